The number of nitrogens with zero attached hydrogens (tertiary/aromatic N) is 2. The van der Waals surface area contributed by atoms with Gasteiger partial charge in [0.2, 0.25) is 0 Å². The smallest absolute Gasteiger partial charge is 0.342 e. The van der Waals surface area contributed by atoms with Crippen molar-refractivity contribution >= 4 is 21.9 Å². The summed E-state index contributed by atoms with van der Waals surface area (Å²) in [6.45, 7) is 4.54. The monoisotopic (exact) mass is 356 g/mol. The summed E-state index contributed by atoms with van der Waals surface area (Å²) < 4.78 is 21.6. The summed E-state index contributed by atoms with van der Waals surface area (Å²) in [5.41, 5.74) is 1.12. The number of benzene rings is 1. The molecule has 0 unspecified atom stereocenters. The van der Waals surface area contributed by atoms with E-state index in [2.05, 4.69) is 21.0 Å². The van der Waals surface area contributed by atoms with Crippen LogP contribution in [-0.2, 0) is 13.2 Å². The van der Waals surface area contributed by atoms with Crippen molar-refractivity contribution in [2.24, 2.45) is 0 Å². The fourth-order valence-electron chi connectivity index (χ4n) is 1.99. The summed E-state index contributed by atoms with van der Waals surface area (Å²) in [6, 6.07) is 3.93. The third-order valence-electron chi connectivity index (χ3n) is 3.01. The Bertz CT molecular complexity index is 685. The van der Waals surface area contributed by atoms with E-state index in [1.807, 2.05) is 13.8 Å². The molecule has 7 heteroatoms. The Kier molecular flexibility index (Phi) is 4.62. The van der Waals surface area contributed by atoms with E-state index in [0.717, 1.165) is 21.9 Å². The molecule has 0 aliphatic heterocycles. The molecule has 1 N–H and O–H groups in total. The largest absolute Gasteiger partial charge is 0.486 e. The minimum atomic E-state index is -1.36. The van der Waals surface area contributed by atoms with Crippen LogP contribution in [0.5, 0.6) is 5.75 Å². The predicted molar refractivity (Wildman–Crippen MR) is 78.0 cm³/mol. The highest BCUT2D eigenvalue weighted by Crippen LogP contribution is 2.26. The number of rotatable bonds is 5. The zero-order chi connectivity index (χ0) is 15.6. The van der Waals surface area contributed by atoms with Gasteiger partial charge in [0.25, 0.3) is 0 Å². The number of aromatic carboxylic acids is 1. The van der Waals surface area contributed by atoms with Gasteiger partial charge in [-0.1, -0.05) is 6.07 Å². The van der Waals surface area contributed by atoms with E-state index in [9.17, 15) is 9.18 Å². The molecule has 0 atom stereocenters. The van der Waals surface area contributed by atoms with Crippen molar-refractivity contribution in [3.63, 3.8) is 0 Å². The van der Waals surface area contributed by atoms with Crippen LogP contribution in [0.1, 0.15) is 28.7 Å². The van der Waals surface area contributed by atoms with Gasteiger partial charge in [0, 0.05) is 6.54 Å². The molecule has 0 saturated carbocycles. The van der Waals surface area contributed by atoms with E-state index >= 15 is 0 Å². The number of hydrogen-bond donors (Lipinski definition) is 1. The van der Waals surface area contributed by atoms with E-state index in [4.69, 9.17) is 9.84 Å². The molecule has 2 rings (SSSR count). The molecular weight excluding hydrogens is 343 g/mol. The minimum Gasteiger partial charge on any atom is -0.486 e. The molecule has 1 aromatic heterocycles. The van der Waals surface area contributed by atoms with E-state index in [-0.39, 0.29) is 12.4 Å². The number of aromatic nitrogens is 2. The van der Waals surface area contributed by atoms with Crippen molar-refractivity contribution in [1.29, 1.82) is 0 Å². The average molecular weight is 357 g/mol. The van der Waals surface area contributed by atoms with Crippen molar-refractivity contribution in [1.82, 2.24) is 9.78 Å². The molecule has 5 nitrogen and oxygen atoms in total. The third-order valence-corrected chi connectivity index (χ3v) is 4.04. The minimum absolute atomic E-state index is 0.00379. The van der Waals surface area contributed by atoms with Crippen LogP contribution in [0.25, 0.3) is 0 Å². The van der Waals surface area contributed by atoms with Crippen molar-refractivity contribution in [2.45, 2.75) is 27.0 Å². The molecule has 21 heavy (non-hydrogen) atoms. The topological polar surface area (TPSA) is 64.4 Å². The zero-order valence-corrected chi connectivity index (χ0v) is 13.1. The van der Waals surface area contributed by atoms with Crippen LogP contribution < -0.4 is 4.74 Å². The van der Waals surface area contributed by atoms with Crippen LogP contribution in [0.15, 0.2) is 22.7 Å². The highest BCUT2D eigenvalue weighted by Gasteiger charge is 2.18. The van der Waals surface area contributed by atoms with Crippen LogP contribution in [0, 0.1) is 12.7 Å². The van der Waals surface area contributed by atoms with E-state index in [0.29, 0.717) is 6.54 Å². The first-order valence-corrected chi connectivity index (χ1v) is 7.11. The van der Waals surface area contributed by atoms with E-state index in [1.54, 1.807) is 4.68 Å². The van der Waals surface area contributed by atoms with Crippen LogP contribution >= 0.6 is 15.9 Å². The summed E-state index contributed by atoms with van der Waals surface area (Å²) >= 11 is 3.42. The highest BCUT2D eigenvalue weighted by atomic mass is 79.9. The molecule has 0 saturated heterocycles. The van der Waals surface area contributed by atoms with E-state index in [1.165, 1.54) is 12.1 Å². The fourth-order valence-corrected chi connectivity index (χ4v) is 2.38. The normalized spacial score (nSPS) is 10.7. The number of carboxylic acids is 1. The van der Waals surface area contributed by atoms with Gasteiger partial charge in [-0.05, 0) is 41.9 Å². The van der Waals surface area contributed by atoms with Crippen LogP contribution in [-0.4, -0.2) is 20.9 Å². The van der Waals surface area contributed by atoms with Gasteiger partial charge in [-0.15, -0.1) is 0 Å². The summed E-state index contributed by atoms with van der Waals surface area (Å²) in [7, 11) is 0. The highest BCUT2D eigenvalue weighted by molar-refractivity contribution is 9.10. The van der Waals surface area contributed by atoms with Crippen LogP contribution in [0.2, 0.25) is 0 Å². The molecular formula is C14H14BrFN2O3. The first-order valence-electron chi connectivity index (χ1n) is 6.32. The van der Waals surface area contributed by atoms with Gasteiger partial charge < -0.3 is 9.84 Å². The molecule has 0 aliphatic rings. The van der Waals surface area contributed by atoms with Gasteiger partial charge in [0.15, 0.2) is 0 Å². The maximum Gasteiger partial charge on any atom is 0.342 e. The molecule has 0 bridgehead atoms. The summed E-state index contributed by atoms with van der Waals surface area (Å²) in [5, 5.41) is 13.4. The molecule has 1 aromatic carbocycles. The standard InChI is InChI=1S/C14H14BrFN2O3/c1-3-18-10(13(15)8(2)17-18)7-21-11-6-4-5-9(16)12(11)14(19)20/h4-6H,3,7H2,1-2H3,(H,19,20). The lowest BCUT2D eigenvalue weighted by Crippen LogP contribution is -2.09. The first-order chi connectivity index (χ1) is 9.95. The van der Waals surface area contributed by atoms with Gasteiger partial charge in [-0.2, -0.15) is 5.10 Å². The number of ether oxygens (including phenoxy) is 1. The molecule has 0 radical (unpaired) electrons. The second-order valence-electron chi connectivity index (χ2n) is 4.37. The Morgan fingerprint density at radius 3 is 2.86 bits per heavy atom. The molecule has 0 amide bonds. The quantitative estimate of drug-likeness (QED) is 0.891. The SMILES string of the molecule is CCn1nc(C)c(Br)c1COc1cccc(F)c1C(=O)O. The zero-order valence-electron chi connectivity index (χ0n) is 11.6. The predicted octanol–water partition coefficient (Wildman–Crippen LogP) is 3.39. The fraction of sp³-hybridized carbons (Fsp3) is 0.286. The summed E-state index contributed by atoms with van der Waals surface area (Å²) in [5.74, 6) is -2.18. The lowest BCUT2D eigenvalue weighted by Gasteiger charge is -2.11. The van der Waals surface area contributed by atoms with Crippen molar-refractivity contribution < 1.29 is 19.0 Å². The number of aryl methyl sites for hydroxylation is 2. The molecule has 0 spiro atoms. The summed E-state index contributed by atoms with van der Waals surface area (Å²) in [6.07, 6.45) is 0. The molecule has 0 fully saturated rings. The van der Waals surface area contributed by atoms with Crippen molar-refractivity contribution in [2.75, 3.05) is 0 Å². The Labute approximate surface area is 129 Å². The number of carbonyl (C=O) groups is 1. The molecule has 2 aromatic rings. The Hall–Kier alpha value is -1.89. The molecule has 0 aliphatic carbocycles. The van der Waals surface area contributed by atoms with Gasteiger partial charge in [-0.25, -0.2) is 9.18 Å². The number of hydrogen-bond acceptors (Lipinski definition) is 3. The van der Waals surface area contributed by atoms with Crippen LogP contribution in [0.4, 0.5) is 4.39 Å². The van der Waals surface area contributed by atoms with Crippen molar-refractivity contribution in [3.05, 3.63) is 45.4 Å². The Morgan fingerprint density at radius 1 is 1.52 bits per heavy atom. The second-order valence-corrected chi connectivity index (χ2v) is 5.16. The first kappa shape index (κ1) is 15.5. The molecule has 1 heterocycles. The van der Waals surface area contributed by atoms with E-state index < -0.39 is 17.3 Å². The Morgan fingerprint density at radius 2 is 2.24 bits per heavy atom. The average Bonchev–Trinajstić information content (AvgIpc) is 2.71. The summed E-state index contributed by atoms with van der Waals surface area (Å²) in [4.78, 5) is 11.1. The van der Waals surface area contributed by atoms with Gasteiger partial charge in [0.05, 0.1) is 15.9 Å². The van der Waals surface area contributed by atoms with Gasteiger partial charge >= 0.3 is 5.97 Å². The number of carboxylic acid groups (broad SMARTS) is 1. The molecule has 112 valence electrons. The van der Waals surface area contributed by atoms with Crippen LogP contribution in [0.3, 0.4) is 0 Å². The number of halogens is 2. The van der Waals surface area contributed by atoms with Gasteiger partial charge in [0.1, 0.15) is 23.7 Å². The lowest BCUT2D eigenvalue weighted by atomic mass is 10.2. The van der Waals surface area contributed by atoms with Crippen molar-refractivity contribution in [3.8, 4) is 5.75 Å². The maximum absolute atomic E-state index is 13.6. The van der Waals surface area contributed by atoms with Gasteiger partial charge in [-0.3, -0.25) is 4.68 Å². The second kappa shape index (κ2) is 6.26. The third kappa shape index (κ3) is 3.07. The lowest BCUT2D eigenvalue weighted by molar-refractivity contribution is 0.0686. The maximum atomic E-state index is 13.6. The Balaban J connectivity index is 2.29.